The fourth-order valence-electron chi connectivity index (χ4n) is 1.56. The van der Waals surface area contributed by atoms with Crippen LogP contribution >= 0.6 is 0 Å². The molecule has 0 bridgehead atoms. The van der Waals surface area contributed by atoms with Crippen LogP contribution in [-0.4, -0.2) is 31.2 Å². The highest BCUT2D eigenvalue weighted by Gasteiger charge is 2.25. The van der Waals surface area contributed by atoms with Gasteiger partial charge in [0.05, 0.1) is 5.69 Å². The maximum atomic E-state index is 12.1. The molecular formula is C11H15N5O2. The number of hydrogen-bond acceptors (Lipinski definition) is 6. The first-order chi connectivity index (χ1) is 8.29. The lowest BCUT2D eigenvalue weighted by molar-refractivity contribution is 0.00708. The molecule has 2 heterocycles. The van der Waals surface area contributed by atoms with Crippen molar-refractivity contribution in [1.29, 1.82) is 0 Å². The molecule has 0 saturated heterocycles. The van der Waals surface area contributed by atoms with Crippen molar-refractivity contribution in [3.05, 3.63) is 17.6 Å². The Bertz CT molecular complexity index is 612. The Morgan fingerprint density at radius 2 is 2.06 bits per heavy atom. The molecule has 0 aliphatic carbocycles. The summed E-state index contributed by atoms with van der Waals surface area (Å²) < 4.78 is 6.65. The largest absolute Gasteiger partial charge is 0.456 e. The van der Waals surface area contributed by atoms with Gasteiger partial charge in [-0.1, -0.05) is 0 Å². The van der Waals surface area contributed by atoms with Crippen LogP contribution in [0.1, 0.15) is 36.8 Å². The minimum atomic E-state index is -0.573. The van der Waals surface area contributed by atoms with Crippen LogP contribution in [0.5, 0.6) is 0 Å². The molecule has 2 aromatic rings. The molecule has 0 radical (unpaired) electrons. The second-order valence-corrected chi connectivity index (χ2v) is 4.93. The summed E-state index contributed by atoms with van der Waals surface area (Å²) in [5.41, 5.74) is 6.27. The lowest BCUT2D eigenvalue weighted by atomic mass is 10.2. The number of ether oxygens (including phenoxy) is 1. The minimum Gasteiger partial charge on any atom is -0.456 e. The Kier molecular flexibility index (Phi) is 2.68. The molecule has 2 N–H and O–H groups in total. The van der Waals surface area contributed by atoms with Crippen molar-refractivity contribution in [3.8, 4) is 0 Å². The van der Waals surface area contributed by atoms with E-state index in [2.05, 4.69) is 15.1 Å². The van der Waals surface area contributed by atoms with Gasteiger partial charge in [0.1, 0.15) is 17.5 Å². The third kappa shape index (κ3) is 2.11. The van der Waals surface area contributed by atoms with Crippen LogP contribution in [0.3, 0.4) is 0 Å². The van der Waals surface area contributed by atoms with Gasteiger partial charge < -0.3 is 10.5 Å². The Labute approximate surface area is 104 Å². The highest BCUT2D eigenvalue weighted by molar-refractivity contribution is 5.97. The van der Waals surface area contributed by atoms with Crippen LogP contribution in [-0.2, 0) is 4.74 Å². The summed E-state index contributed by atoms with van der Waals surface area (Å²) in [6.07, 6.45) is 1.29. The van der Waals surface area contributed by atoms with E-state index in [9.17, 15) is 4.79 Å². The average molecular weight is 249 g/mol. The lowest BCUT2D eigenvalue weighted by Gasteiger charge is -2.19. The van der Waals surface area contributed by atoms with Crippen LogP contribution in [0.15, 0.2) is 6.33 Å². The fourth-order valence-corrected chi connectivity index (χ4v) is 1.56. The van der Waals surface area contributed by atoms with Gasteiger partial charge in [-0.15, -0.1) is 0 Å². The molecule has 0 aliphatic rings. The van der Waals surface area contributed by atoms with Gasteiger partial charge in [0.15, 0.2) is 5.65 Å². The standard InChI is InChI=1S/C11H15N5O2/c1-6-7(9(17)18-11(2,3)4)8-13-5-14-10(12)16(8)15-6/h5H,1-4H3,(H2,12,13,14). The number of nitrogen functional groups attached to an aromatic ring is 1. The third-order valence-corrected chi connectivity index (χ3v) is 2.23. The molecular weight excluding hydrogens is 234 g/mol. The predicted molar refractivity (Wildman–Crippen MR) is 65.1 cm³/mol. The predicted octanol–water partition coefficient (Wildman–Crippen LogP) is 0.970. The molecule has 0 unspecified atom stereocenters. The van der Waals surface area contributed by atoms with Gasteiger partial charge in [0.25, 0.3) is 0 Å². The highest BCUT2D eigenvalue weighted by Crippen LogP contribution is 2.19. The second kappa shape index (κ2) is 3.94. The zero-order valence-electron chi connectivity index (χ0n) is 10.8. The van der Waals surface area contributed by atoms with E-state index in [0.717, 1.165) is 0 Å². The van der Waals surface area contributed by atoms with E-state index in [4.69, 9.17) is 10.5 Å². The van der Waals surface area contributed by atoms with Crippen molar-refractivity contribution < 1.29 is 9.53 Å². The summed E-state index contributed by atoms with van der Waals surface area (Å²) in [6, 6.07) is 0. The Balaban J connectivity index is 2.54. The number of aromatic nitrogens is 4. The van der Waals surface area contributed by atoms with E-state index >= 15 is 0 Å². The zero-order chi connectivity index (χ0) is 13.5. The summed E-state index contributed by atoms with van der Waals surface area (Å²) in [5.74, 6) is -0.286. The number of rotatable bonds is 1. The maximum Gasteiger partial charge on any atom is 0.344 e. The van der Waals surface area contributed by atoms with E-state index in [0.29, 0.717) is 16.9 Å². The summed E-state index contributed by atoms with van der Waals surface area (Å²) in [5, 5.41) is 4.13. The van der Waals surface area contributed by atoms with E-state index < -0.39 is 11.6 Å². The normalized spacial score (nSPS) is 11.8. The van der Waals surface area contributed by atoms with Gasteiger partial charge in [-0.2, -0.15) is 9.61 Å². The third-order valence-electron chi connectivity index (χ3n) is 2.23. The average Bonchev–Trinajstić information content (AvgIpc) is 2.53. The number of carbonyl (C=O) groups excluding carboxylic acids is 1. The molecule has 2 aromatic heterocycles. The molecule has 0 fully saturated rings. The monoisotopic (exact) mass is 249 g/mol. The van der Waals surface area contributed by atoms with Gasteiger partial charge in [0.2, 0.25) is 5.95 Å². The highest BCUT2D eigenvalue weighted by atomic mass is 16.6. The van der Waals surface area contributed by atoms with Crippen LogP contribution in [0.4, 0.5) is 5.95 Å². The molecule has 0 saturated carbocycles. The summed E-state index contributed by atoms with van der Waals surface area (Å²) >= 11 is 0. The van der Waals surface area contributed by atoms with Gasteiger partial charge in [-0.3, -0.25) is 0 Å². The van der Waals surface area contributed by atoms with Gasteiger partial charge >= 0.3 is 5.97 Å². The van der Waals surface area contributed by atoms with Gasteiger partial charge in [0, 0.05) is 0 Å². The van der Waals surface area contributed by atoms with Crippen molar-refractivity contribution >= 4 is 17.6 Å². The number of carbonyl (C=O) groups is 1. The molecule has 0 spiro atoms. The Hall–Kier alpha value is -2.18. The van der Waals surface area contributed by atoms with Crippen molar-refractivity contribution in [2.45, 2.75) is 33.3 Å². The van der Waals surface area contributed by atoms with Crippen molar-refractivity contribution in [1.82, 2.24) is 19.6 Å². The fraction of sp³-hybridized carbons (Fsp3) is 0.455. The Morgan fingerprint density at radius 3 is 2.67 bits per heavy atom. The molecule has 96 valence electrons. The minimum absolute atomic E-state index is 0.179. The van der Waals surface area contributed by atoms with E-state index in [1.165, 1.54) is 10.8 Å². The Morgan fingerprint density at radius 1 is 1.39 bits per heavy atom. The summed E-state index contributed by atoms with van der Waals surface area (Å²) in [4.78, 5) is 19.9. The van der Waals surface area contributed by atoms with Crippen molar-refractivity contribution in [2.75, 3.05) is 5.73 Å². The molecule has 7 heteroatoms. The first-order valence-corrected chi connectivity index (χ1v) is 5.49. The first kappa shape index (κ1) is 12.3. The molecule has 0 aromatic carbocycles. The molecule has 7 nitrogen and oxygen atoms in total. The molecule has 0 aliphatic heterocycles. The number of hydrogen-bond donors (Lipinski definition) is 1. The van der Waals surface area contributed by atoms with Crippen molar-refractivity contribution in [2.24, 2.45) is 0 Å². The number of fused-ring (bicyclic) bond motifs is 1. The number of aryl methyl sites for hydroxylation is 1. The molecule has 18 heavy (non-hydrogen) atoms. The maximum absolute atomic E-state index is 12.1. The molecule has 2 rings (SSSR count). The number of anilines is 1. The van der Waals surface area contributed by atoms with Crippen LogP contribution in [0.2, 0.25) is 0 Å². The summed E-state index contributed by atoms with van der Waals surface area (Å²) in [6.45, 7) is 7.10. The zero-order valence-corrected chi connectivity index (χ0v) is 10.8. The van der Waals surface area contributed by atoms with E-state index in [1.807, 2.05) is 0 Å². The van der Waals surface area contributed by atoms with Gasteiger partial charge in [-0.05, 0) is 27.7 Å². The lowest BCUT2D eigenvalue weighted by Crippen LogP contribution is -2.24. The number of esters is 1. The van der Waals surface area contributed by atoms with E-state index in [1.54, 1.807) is 27.7 Å². The molecule has 0 atom stereocenters. The quantitative estimate of drug-likeness (QED) is 0.756. The second-order valence-electron chi connectivity index (χ2n) is 4.93. The SMILES string of the molecule is Cc1nn2c(N)ncnc2c1C(=O)OC(C)(C)C. The molecule has 0 amide bonds. The van der Waals surface area contributed by atoms with Crippen molar-refractivity contribution in [3.63, 3.8) is 0 Å². The van der Waals surface area contributed by atoms with Gasteiger partial charge in [-0.25, -0.2) is 14.8 Å². The van der Waals surface area contributed by atoms with Crippen LogP contribution < -0.4 is 5.73 Å². The smallest absolute Gasteiger partial charge is 0.344 e. The summed E-state index contributed by atoms with van der Waals surface area (Å²) in [7, 11) is 0. The number of nitrogens with zero attached hydrogens (tertiary/aromatic N) is 4. The number of nitrogens with two attached hydrogens (primary N) is 1. The first-order valence-electron chi connectivity index (χ1n) is 5.49. The van der Waals surface area contributed by atoms with Crippen LogP contribution in [0.25, 0.3) is 5.65 Å². The van der Waals surface area contributed by atoms with E-state index in [-0.39, 0.29) is 5.95 Å². The topological polar surface area (TPSA) is 95.4 Å². The van der Waals surface area contributed by atoms with Crippen LogP contribution in [0, 0.1) is 6.92 Å².